The number of benzene rings is 1. The van der Waals surface area contributed by atoms with Crippen molar-refractivity contribution in [3.05, 3.63) is 29.8 Å². The molecule has 86 valence electrons. The molecule has 0 aromatic heterocycles. The zero-order valence-corrected chi connectivity index (χ0v) is 9.12. The molecule has 0 bridgehead atoms. The third-order valence-corrected chi connectivity index (χ3v) is 1.99. The zero-order chi connectivity index (χ0) is 12.0. The molecule has 2 amide bonds. The molecular weight excluding hydrogens is 206 g/mol. The number of nitrogens with one attached hydrogen (secondary N) is 2. The van der Waals surface area contributed by atoms with Crippen LogP contribution in [0.4, 0.5) is 5.69 Å². The highest BCUT2D eigenvalue weighted by Crippen LogP contribution is 2.08. The molecule has 4 N–H and O–H groups in total. The van der Waals surface area contributed by atoms with Gasteiger partial charge in [-0.15, -0.1) is 0 Å². The molecule has 0 heterocycles. The lowest BCUT2D eigenvalue weighted by Crippen LogP contribution is -2.27. The molecule has 0 fully saturated rings. The van der Waals surface area contributed by atoms with Crippen LogP contribution >= 0.6 is 0 Å². The Kier molecular flexibility index (Phi) is 4.47. The summed E-state index contributed by atoms with van der Waals surface area (Å²) < 4.78 is 0. The number of anilines is 1. The van der Waals surface area contributed by atoms with Crippen molar-refractivity contribution in [2.75, 3.05) is 18.4 Å². The molecule has 1 rings (SSSR count). The summed E-state index contributed by atoms with van der Waals surface area (Å²) in [6.45, 7) is 2.94. The number of amides is 2. The number of carbonyl (C=O) groups excluding carboxylic acids is 2. The molecule has 0 atom stereocenters. The Balaban J connectivity index is 2.55. The fourth-order valence-corrected chi connectivity index (χ4v) is 1.16. The van der Waals surface area contributed by atoms with Crippen molar-refractivity contribution < 1.29 is 9.59 Å². The van der Waals surface area contributed by atoms with Gasteiger partial charge in [0.25, 0.3) is 0 Å². The van der Waals surface area contributed by atoms with Gasteiger partial charge in [-0.3, -0.25) is 9.59 Å². The maximum atomic E-state index is 11.3. The first-order chi connectivity index (χ1) is 7.63. The monoisotopic (exact) mass is 221 g/mol. The summed E-state index contributed by atoms with van der Waals surface area (Å²) in [5.41, 5.74) is 6.16. The summed E-state index contributed by atoms with van der Waals surface area (Å²) in [5.74, 6) is -0.598. The van der Waals surface area contributed by atoms with Crippen LogP contribution in [-0.4, -0.2) is 24.9 Å². The third kappa shape index (κ3) is 3.70. The molecule has 0 aliphatic carbocycles. The summed E-state index contributed by atoms with van der Waals surface area (Å²) in [6, 6.07) is 6.43. The van der Waals surface area contributed by atoms with Crippen LogP contribution in [0.1, 0.15) is 17.3 Å². The molecule has 0 aliphatic rings. The number of nitrogens with two attached hydrogens (primary N) is 1. The van der Waals surface area contributed by atoms with Gasteiger partial charge in [0.05, 0.1) is 6.54 Å². The van der Waals surface area contributed by atoms with E-state index in [0.29, 0.717) is 11.3 Å². The van der Waals surface area contributed by atoms with E-state index in [0.717, 1.165) is 6.54 Å². The molecule has 1 aromatic carbocycles. The molecule has 0 spiro atoms. The van der Waals surface area contributed by atoms with Gasteiger partial charge >= 0.3 is 0 Å². The fourth-order valence-electron chi connectivity index (χ4n) is 1.16. The predicted octanol–water partition coefficient (Wildman–Crippen LogP) is 0.334. The van der Waals surface area contributed by atoms with Crippen molar-refractivity contribution in [1.29, 1.82) is 0 Å². The third-order valence-electron chi connectivity index (χ3n) is 1.99. The second kappa shape index (κ2) is 5.87. The number of hydrogen-bond acceptors (Lipinski definition) is 3. The summed E-state index contributed by atoms with van der Waals surface area (Å²) in [7, 11) is 0. The van der Waals surface area contributed by atoms with Crippen molar-refractivity contribution >= 4 is 17.5 Å². The van der Waals surface area contributed by atoms with Gasteiger partial charge in [-0.05, 0) is 30.8 Å². The fraction of sp³-hybridized carbons (Fsp3) is 0.273. The van der Waals surface area contributed by atoms with Gasteiger partial charge in [0.15, 0.2) is 0 Å². The van der Waals surface area contributed by atoms with E-state index in [1.165, 1.54) is 0 Å². The maximum Gasteiger partial charge on any atom is 0.248 e. The lowest BCUT2D eigenvalue weighted by Gasteiger charge is -2.05. The van der Waals surface area contributed by atoms with Gasteiger partial charge in [0.2, 0.25) is 11.8 Å². The van der Waals surface area contributed by atoms with Gasteiger partial charge in [-0.25, -0.2) is 0 Å². The molecule has 5 nitrogen and oxygen atoms in total. The Morgan fingerprint density at radius 3 is 2.38 bits per heavy atom. The second-order valence-corrected chi connectivity index (χ2v) is 3.27. The van der Waals surface area contributed by atoms with Gasteiger partial charge in [0.1, 0.15) is 0 Å². The first kappa shape index (κ1) is 12.2. The van der Waals surface area contributed by atoms with E-state index in [1.54, 1.807) is 24.3 Å². The molecule has 5 heteroatoms. The van der Waals surface area contributed by atoms with Crippen LogP contribution in [0, 0.1) is 0 Å². The van der Waals surface area contributed by atoms with Crippen LogP contribution in [0.25, 0.3) is 0 Å². The minimum atomic E-state index is -0.481. The van der Waals surface area contributed by atoms with E-state index in [9.17, 15) is 9.59 Å². The Bertz CT molecular complexity index is 373. The Labute approximate surface area is 94.0 Å². The highest BCUT2D eigenvalue weighted by Gasteiger charge is 2.02. The van der Waals surface area contributed by atoms with E-state index in [1.807, 2.05) is 6.92 Å². The SMILES string of the molecule is CCNCC(=O)Nc1ccc(C(N)=O)cc1. The minimum Gasteiger partial charge on any atom is -0.366 e. The topological polar surface area (TPSA) is 84.2 Å². The largest absolute Gasteiger partial charge is 0.366 e. The van der Waals surface area contributed by atoms with Crippen LogP contribution in [0.3, 0.4) is 0 Å². The minimum absolute atomic E-state index is 0.117. The van der Waals surface area contributed by atoms with Crippen molar-refractivity contribution in [2.24, 2.45) is 5.73 Å². The normalized spacial score (nSPS) is 9.81. The molecular formula is C11H15N3O2. The first-order valence-electron chi connectivity index (χ1n) is 5.04. The summed E-state index contributed by atoms with van der Waals surface area (Å²) in [6.07, 6.45) is 0. The van der Waals surface area contributed by atoms with Gasteiger partial charge < -0.3 is 16.4 Å². The standard InChI is InChI=1S/C11H15N3O2/c1-2-13-7-10(15)14-9-5-3-8(4-6-9)11(12)16/h3-6,13H,2,7H2,1H3,(H2,12,16)(H,14,15). The second-order valence-electron chi connectivity index (χ2n) is 3.27. The Hall–Kier alpha value is -1.88. The number of likely N-dealkylation sites (N-methyl/N-ethyl adjacent to an activating group) is 1. The number of primary amides is 1. The van der Waals surface area contributed by atoms with E-state index in [2.05, 4.69) is 10.6 Å². The summed E-state index contributed by atoms with van der Waals surface area (Å²) >= 11 is 0. The quantitative estimate of drug-likeness (QED) is 0.670. The van der Waals surface area contributed by atoms with E-state index in [4.69, 9.17) is 5.73 Å². The average molecular weight is 221 g/mol. The van der Waals surface area contributed by atoms with Crippen molar-refractivity contribution in [1.82, 2.24) is 5.32 Å². The number of rotatable bonds is 5. The lowest BCUT2D eigenvalue weighted by molar-refractivity contribution is -0.115. The van der Waals surface area contributed by atoms with Crippen LogP contribution in [0.5, 0.6) is 0 Å². The molecule has 0 saturated carbocycles. The van der Waals surface area contributed by atoms with Crippen molar-refractivity contribution in [3.8, 4) is 0 Å². The summed E-state index contributed by atoms with van der Waals surface area (Å²) in [4.78, 5) is 22.1. The van der Waals surface area contributed by atoms with Gasteiger partial charge in [0, 0.05) is 11.3 Å². The molecule has 0 unspecified atom stereocenters. The van der Waals surface area contributed by atoms with Crippen molar-refractivity contribution in [3.63, 3.8) is 0 Å². The van der Waals surface area contributed by atoms with E-state index >= 15 is 0 Å². The predicted molar refractivity (Wildman–Crippen MR) is 62.1 cm³/mol. The number of carbonyl (C=O) groups is 2. The molecule has 0 aliphatic heterocycles. The molecule has 1 aromatic rings. The number of hydrogen-bond donors (Lipinski definition) is 3. The van der Waals surface area contributed by atoms with Crippen LogP contribution < -0.4 is 16.4 Å². The highest BCUT2D eigenvalue weighted by atomic mass is 16.2. The van der Waals surface area contributed by atoms with Gasteiger partial charge in [-0.1, -0.05) is 6.92 Å². The van der Waals surface area contributed by atoms with Gasteiger partial charge in [-0.2, -0.15) is 0 Å². The van der Waals surface area contributed by atoms with E-state index in [-0.39, 0.29) is 12.5 Å². The molecule has 16 heavy (non-hydrogen) atoms. The summed E-state index contributed by atoms with van der Waals surface area (Å²) in [5, 5.41) is 5.60. The first-order valence-corrected chi connectivity index (χ1v) is 5.04. The maximum absolute atomic E-state index is 11.3. The van der Waals surface area contributed by atoms with Crippen LogP contribution in [0.15, 0.2) is 24.3 Å². The average Bonchev–Trinajstić information content (AvgIpc) is 2.27. The Morgan fingerprint density at radius 2 is 1.88 bits per heavy atom. The Morgan fingerprint density at radius 1 is 1.25 bits per heavy atom. The zero-order valence-electron chi connectivity index (χ0n) is 9.12. The van der Waals surface area contributed by atoms with Crippen LogP contribution in [0.2, 0.25) is 0 Å². The molecule has 0 radical (unpaired) electrons. The molecule has 0 saturated heterocycles. The lowest BCUT2D eigenvalue weighted by atomic mass is 10.2. The van der Waals surface area contributed by atoms with Crippen molar-refractivity contribution in [2.45, 2.75) is 6.92 Å². The highest BCUT2D eigenvalue weighted by molar-refractivity contribution is 5.95. The van der Waals surface area contributed by atoms with Crippen LogP contribution in [-0.2, 0) is 4.79 Å². The van der Waals surface area contributed by atoms with E-state index < -0.39 is 5.91 Å². The smallest absolute Gasteiger partial charge is 0.248 e.